The molecule has 5 nitrogen and oxygen atoms in total. The van der Waals surface area contributed by atoms with Gasteiger partial charge in [0.05, 0.1) is 18.0 Å². The van der Waals surface area contributed by atoms with Gasteiger partial charge in [-0.15, -0.1) is 0 Å². The number of fused-ring (bicyclic) bond motifs is 3. The van der Waals surface area contributed by atoms with Gasteiger partial charge in [0.2, 0.25) is 0 Å². The molecule has 0 radical (unpaired) electrons. The molecule has 0 spiro atoms. The van der Waals surface area contributed by atoms with Crippen LogP contribution in [0.2, 0.25) is 0 Å². The van der Waals surface area contributed by atoms with Crippen molar-refractivity contribution in [2.24, 2.45) is 5.92 Å². The Morgan fingerprint density at radius 2 is 1.79 bits per heavy atom. The SMILES string of the molecule is COc1ccc([C@H](NC(=O)c2cc3c([nH]c4ccccc43)c(=O)s2)C(C)C)cc1. The summed E-state index contributed by atoms with van der Waals surface area (Å²) in [5, 5.41) is 4.82. The van der Waals surface area contributed by atoms with Crippen LogP contribution in [0.15, 0.2) is 59.4 Å². The molecule has 4 aromatic rings. The number of H-pyrrole nitrogens is 1. The van der Waals surface area contributed by atoms with Crippen LogP contribution in [0.25, 0.3) is 21.8 Å². The number of hydrogen-bond donors (Lipinski definition) is 2. The fourth-order valence-corrected chi connectivity index (χ4v) is 4.35. The molecule has 2 aromatic heterocycles. The van der Waals surface area contributed by atoms with Gasteiger partial charge in [0.25, 0.3) is 10.6 Å². The lowest BCUT2D eigenvalue weighted by molar-refractivity contribution is 0.0929. The van der Waals surface area contributed by atoms with Gasteiger partial charge >= 0.3 is 0 Å². The van der Waals surface area contributed by atoms with Gasteiger partial charge in [-0.3, -0.25) is 9.59 Å². The van der Waals surface area contributed by atoms with E-state index in [2.05, 4.69) is 24.1 Å². The quantitative estimate of drug-likeness (QED) is 0.496. The Balaban J connectivity index is 1.69. The highest BCUT2D eigenvalue weighted by Crippen LogP contribution is 2.27. The first-order valence-corrected chi connectivity index (χ1v) is 10.3. The van der Waals surface area contributed by atoms with Crippen LogP contribution >= 0.6 is 11.3 Å². The molecule has 0 aliphatic rings. The molecule has 1 amide bonds. The highest BCUT2D eigenvalue weighted by molar-refractivity contribution is 7.12. The highest BCUT2D eigenvalue weighted by Gasteiger charge is 2.21. The Labute approximate surface area is 172 Å². The Kier molecular flexibility index (Phi) is 5.11. The molecule has 148 valence electrons. The van der Waals surface area contributed by atoms with E-state index in [0.29, 0.717) is 10.4 Å². The van der Waals surface area contributed by atoms with Gasteiger partial charge in [0.1, 0.15) is 11.3 Å². The van der Waals surface area contributed by atoms with Crippen molar-refractivity contribution in [1.29, 1.82) is 0 Å². The number of para-hydroxylation sites is 1. The van der Waals surface area contributed by atoms with Gasteiger partial charge in [-0.25, -0.2) is 0 Å². The summed E-state index contributed by atoms with van der Waals surface area (Å²) in [6, 6.07) is 17.0. The second kappa shape index (κ2) is 7.72. The first-order chi connectivity index (χ1) is 14.0. The number of rotatable bonds is 5. The van der Waals surface area contributed by atoms with Crippen molar-refractivity contribution in [3.63, 3.8) is 0 Å². The van der Waals surface area contributed by atoms with Gasteiger partial charge in [-0.05, 0) is 35.7 Å². The molecule has 0 saturated heterocycles. The summed E-state index contributed by atoms with van der Waals surface area (Å²) in [6.45, 7) is 4.11. The van der Waals surface area contributed by atoms with Gasteiger partial charge in [0, 0.05) is 16.3 Å². The number of benzene rings is 2. The fraction of sp³-hybridized carbons (Fsp3) is 0.217. The number of hydrogen-bond acceptors (Lipinski definition) is 4. The average molecular weight is 407 g/mol. The third-order valence-corrected chi connectivity index (χ3v) is 5.99. The second-order valence-electron chi connectivity index (χ2n) is 7.33. The molecule has 2 heterocycles. The van der Waals surface area contributed by atoms with Crippen LogP contribution in [-0.4, -0.2) is 18.0 Å². The molecule has 0 saturated carbocycles. The van der Waals surface area contributed by atoms with Crippen LogP contribution in [0, 0.1) is 5.92 Å². The summed E-state index contributed by atoms with van der Waals surface area (Å²) < 4.78 is 5.07. The summed E-state index contributed by atoms with van der Waals surface area (Å²) in [4.78, 5) is 29.2. The minimum absolute atomic E-state index is 0.144. The molecule has 0 fully saturated rings. The predicted octanol–water partition coefficient (Wildman–Crippen LogP) is 4.88. The standard InChI is InChI=1S/C23H22N2O3S/c1-13(2)20(14-8-10-15(28-3)11-9-14)25-22(26)19-12-17-16-6-4-5-7-18(16)24-21(17)23(27)29-19/h4-13,20,24H,1-3H3,(H,25,26)/t20-/m1/s1. The number of aromatic nitrogens is 1. The number of ether oxygens (including phenoxy) is 1. The molecule has 1 atom stereocenters. The fourth-order valence-electron chi connectivity index (χ4n) is 3.56. The molecular formula is C23H22N2O3S. The van der Waals surface area contributed by atoms with Crippen molar-refractivity contribution in [2.45, 2.75) is 19.9 Å². The van der Waals surface area contributed by atoms with Crippen LogP contribution in [0.3, 0.4) is 0 Å². The molecule has 0 bridgehead atoms. The smallest absolute Gasteiger partial charge is 0.261 e. The third kappa shape index (κ3) is 3.63. The zero-order valence-electron chi connectivity index (χ0n) is 16.5. The van der Waals surface area contributed by atoms with Crippen LogP contribution < -0.4 is 14.8 Å². The van der Waals surface area contributed by atoms with Crippen LogP contribution in [-0.2, 0) is 0 Å². The first-order valence-electron chi connectivity index (χ1n) is 9.47. The summed E-state index contributed by atoms with van der Waals surface area (Å²) >= 11 is 0.966. The molecule has 6 heteroatoms. The number of carbonyl (C=O) groups is 1. The summed E-state index contributed by atoms with van der Waals surface area (Å²) in [6.07, 6.45) is 0. The van der Waals surface area contributed by atoms with Gasteiger partial charge < -0.3 is 15.0 Å². The Morgan fingerprint density at radius 3 is 2.48 bits per heavy atom. The maximum absolute atomic E-state index is 13.0. The van der Waals surface area contributed by atoms with Crippen molar-refractivity contribution >= 4 is 39.0 Å². The molecule has 0 unspecified atom stereocenters. The number of carbonyl (C=O) groups excluding carboxylic acids is 1. The molecule has 2 aromatic carbocycles. The van der Waals surface area contributed by atoms with Crippen LogP contribution in [0.1, 0.15) is 35.1 Å². The van der Waals surface area contributed by atoms with Crippen LogP contribution in [0.4, 0.5) is 0 Å². The molecule has 0 aliphatic carbocycles. The van der Waals surface area contributed by atoms with Gasteiger partial charge in [0.15, 0.2) is 0 Å². The van der Waals surface area contributed by atoms with E-state index in [1.54, 1.807) is 13.2 Å². The summed E-state index contributed by atoms with van der Waals surface area (Å²) in [5.74, 6) is 0.709. The van der Waals surface area contributed by atoms with Crippen molar-refractivity contribution in [2.75, 3.05) is 7.11 Å². The number of aromatic amines is 1. The highest BCUT2D eigenvalue weighted by atomic mass is 32.1. The monoisotopic (exact) mass is 406 g/mol. The van der Waals surface area contributed by atoms with Crippen molar-refractivity contribution in [1.82, 2.24) is 10.3 Å². The Morgan fingerprint density at radius 1 is 1.07 bits per heavy atom. The van der Waals surface area contributed by atoms with Gasteiger partial charge in [-0.2, -0.15) is 0 Å². The Bertz CT molecular complexity index is 1240. The maximum atomic E-state index is 13.0. The van der Waals surface area contributed by atoms with E-state index in [4.69, 9.17) is 4.74 Å². The lowest BCUT2D eigenvalue weighted by atomic mass is 9.96. The van der Waals surface area contributed by atoms with Gasteiger partial charge in [-0.1, -0.05) is 55.5 Å². The van der Waals surface area contributed by atoms with E-state index in [-0.39, 0.29) is 22.6 Å². The average Bonchev–Trinajstić information content (AvgIpc) is 3.11. The number of methoxy groups -OCH3 is 1. The summed E-state index contributed by atoms with van der Waals surface area (Å²) in [7, 11) is 1.62. The second-order valence-corrected chi connectivity index (χ2v) is 8.34. The maximum Gasteiger partial charge on any atom is 0.261 e. The van der Waals surface area contributed by atoms with E-state index in [9.17, 15) is 9.59 Å². The van der Waals surface area contributed by atoms with E-state index in [0.717, 1.165) is 38.9 Å². The lowest BCUT2D eigenvalue weighted by Crippen LogP contribution is -2.31. The largest absolute Gasteiger partial charge is 0.497 e. The van der Waals surface area contributed by atoms with Crippen molar-refractivity contribution in [3.05, 3.63) is 74.6 Å². The first kappa shape index (κ1) is 19.2. The van der Waals surface area contributed by atoms with Crippen LogP contribution in [0.5, 0.6) is 5.75 Å². The van der Waals surface area contributed by atoms with E-state index in [1.807, 2.05) is 48.5 Å². The number of amides is 1. The topological polar surface area (TPSA) is 71.2 Å². The number of nitrogens with one attached hydrogen (secondary N) is 2. The zero-order valence-corrected chi connectivity index (χ0v) is 17.3. The minimum Gasteiger partial charge on any atom is -0.497 e. The third-order valence-electron chi connectivity index (χ3n) is 5.08. The predicted molar refractivity (Wildman–Crippen MR) is 118 cm³/mol. The molecular weight excluding hydrogens is 384 g/mol. The lowest BCUT2D eigenvalue weighted by Gasteiger charge is -2.23. The minimum atomic E-state index is -0.242. The zero-order chi connectivity index (χ0) is 20.5. The van der Waals surface area contributed by atoms with E-state index < -0.39 is 0 Å². The molecule has 4 rings (SSSR count). The Hall–Kier alpha value is -3.12. The van der Waals surface area contributed by atoms with E-state index >= 15 is 0 Å². The molecule has 0 aliphatic heterocycles. The molecule has 2 N–H and O–H groups in total. The van der Waals surface area contributed by atoms with Crippen molar-refractivity contribution < 1.29 is 9.53 Å². The van der Waals surface area contributed by atoms with E-state index in [1.165, 1.54) is 0 Å². The van der Waals surface area contributed by atoms with Crippen molar-refractivity contribution in [3.8, 4) is 5.75 Å². The molecule has 29 heavy (non-hydrogen) atoms. The normalized spacial score (nSPS) is 12.4. The summed E-state index contributed by atoms with van der Waals surface area (Å²) in [5.41, 5.74) is 2.43.